The fraction of sp³-hybridized carbons (Fsp3) is 0.0556. The van der Waals surface area contributed by atoms with E-state index in [1.54, 1.807) is 24.4 Å². The Morgan fingerprint density at radius 3 is 2.58 bits per heavy atom. The van der Waals surface area contributed by atoms with Crippen molar-refractivity contribution in [3.8, 4) is 11.1 Å². The molecule has 24 heavy (non-hydrogen) atoms. The Morgan fingerprint density at radius 1 is 1.17 bits per heavy atom. The van der Waals surface area contributed by atoms with E-state index in [1.165, 1.54) is 11.3 Å². The van der Waals surface area contributed by atoms with Gasteiger partial charge in [-0.25, -0.2) is 9.78 Å². The molecule has 0 radical (unpaired) electrons. The molecule has 3 rings (SSSR count). The van der Waals surface area contributed by atoms with Crippen LogP contribution in [-0.2, 0) is 0 Å². The van der Waals surface area contributed by atoms with Crippen molar-refractivity contribution >= 4 is 28.7 Å². The highest BCUT2D eigenvalue weighted by molar-refractivity contribution is 7.13. The van der Waals surface area contributed by atoms with Crippen molar-refractivity contribution in [2.45, 2.75) is 6.92 Å². The molecule has 0 amide bonds. The van der Waals surface area contributed by atoms with Crippen LogP contribution < -0.4 is 5.43 Å². The summed E-state index contributed by atoms with van der Waals surface area (Å²) in [7, 11) is 0. The second kappa shape index (κ2) is 7.06. The monoisotopic (exact) mass is 337 g/mol. The zero-order valence-corrected chi connectivity index (χ0v) is 13.7. The Balaban J connectivity index is 1.93. The van der Waals surface area contributed by atoms with Gasteiger partial charge >= 0.3 is 5.97 Å². The van der Waals surface area contributed by atoms with Crippen molar-refractivity contribution in [2.24, 2.45) is 5.10 Å². The Labute approximate surface area is 143 Å². The van der Waals surface area contributed by atoms with E-state index >= 15 is 0 Å². The van der Waals surface area contributed by atoms with Crippen LogP contribution >= 0.6 is 11.3 Å². The van der Waals surface area contributed by atoms with Gasteiger partial charge in [-0.1, -0.05) is 42.5 Å². The predicted octanol–water partition coefficient (Wildman–Crippen LogP) is 4.26. The zero-order chi connectivity index (χ0) is 16.9. The van der Waals surface area contributed by atoms with Crippen LogP contribution in [0, 0.1) is 6.92 Å². The van der Waals surface area contributed by atoms with Crippen molar-refractivity contribution in [3.05, 3.63) is 70.7 Å². The first-order chi connectivity index (χ1) is 11.6. The van der Waals surface area contributed by atoms with Crippen molar-refractivity contribution in [3.63, 3.8) is 0 Å². The van der Waals surface area contributed by atoms with Gasteiger partial charge in [-0.3, -0.25) is 5.43 Å². The number of benzene rings is 2. The van der Waals surface area contributed by atoms with E-state index in [1.807, 2.05) is 42.6 Å². The van der Waals surface area contributed by atoms with Gasteiger partial charge in [-0.15, -0.1) is 11.3 Å². The van der Waals surface area contributed by atoms with Crippen LogP contribution in [0.4, 0.5) is 5.13 Å². The smallest absolute Gasteiger partial charge is 0.336 e. The molecular formula is C18H15N3O2S. The quantitative estimate of drug-likeness (QED) is 0.539. The molecule has 0 bridgehead atoms. The molecule has 3 aromatic rings. The Bertz CT molecular complexity index is 903. The number of anilines is 1. The maximum absolute atomic E-state index is 11.5. The van der Waals surface area contributed by atoms with Crippen LogP contribution in [0.3, 0.4) is 0 Å². The highest BCUT2D eigenvalue weighted by Gasteiger charge is 2.12. The van der Waals surface area contributed by atoms with Gasteiger partial charge in [-0.2, -0.15) is 5.10 Å². The summed E-state index contributed by atoms with van der Waals surface area (Å²) in [5.41, 5.74) is 6.40. The Morgan fingerprint density at radius 2 is 1.88 bits per heavy atom. The van der Waals surface area contributed by atoms with E-state index in [0.29, 0.717) is 10.7 Å². The highest BCUT2D eigenvalue weighted by Crippen LogP contribution is 2.26. The standard InChI is InChI=1S/C18H15N3O2S/c1-12-11-24-18(20-12)21-19-10-13-6-2-3-7-14(13)15-8-4-5-9-16(15)17(22)23/h2-11H,1H3,(H,20,21)(H,22,23). The van der Waals surface area contributed by atoms with Crippen LogP contribution in [0.1, 0.15) is 21.6 Å². The minimum atomic E-state index is -0.950. The van der Waals surface area contributed by atoms with Gasteiger partial charge in [0.05, 0.1) is 17.5 Å². The number of hydrogen-bond donors (Lipinski definition) is 2. The van der Waals surface area contributed by atoms with Gasteiger partial charge in [0.25, 0.3) is 0 Å². The van der Waals surface area contributed by atoms with Crippen LogP contribution in [0.5, 0.6) is 0 Å². The molecule has 0 spiro atoms. The molecule has 0 aliphatic rings. The average molecular weight is 337 g/mol. The second-order valence-electron chi connectivity index (χ2n) is 5.10. The minimum absolute atomic E-state index is 0.266. The summed E-state index contributed by atoms with van der Waals surface area (Å²) < 4.78 is 0. The molecule has 1 aromatic heterocycles. The molecule has 0 saturated carbocycles. The largest absolute Gasteiger partial charge is 0.478 e. The number of carbonyl (C=O) groups is 1. The predicted molar refractivity (Wildman–Crippen MR) is 96.9 cm³/mol. The molecule has 0 unspecified atom stereocenters. The number of thiazole rings is 1. The molecule has 1 heterocycles. The first-order valence-corrected chi connectivity index (χ1v) is 8.16. The molecule has 0 atom stereocenters. The number of aromatic nitrogens is 1. The summed E-state index contributed by atoms with van der Waals surface area (Å²) in [5.74, 6) is -0.950. The SMILES string of the molecule is Cc1csc(NN=Cc2ccccc2-c2ccccc2C(=O)O)n1. The second-order valence-corrected chi connectivity index (χ2v) is 5.96. The summed E-state index contributed by atoms with van der Waals surface area (Å²) in [5, 5.41) is 16.3. The number of aryl methyl sites for hydroxylation is 1. The first kappa shape index (κ1) is 15.9. The summed E-state index contributed by atoms with van der Waals surface area (Å²) in [6, 6.07) is 14.5. The zero-order valence-electron chi connectivity index (χ0n) is 12.9. The van der Waals surface area contributed by atoms with Crippen molar-refractivity contribution in [1.29, 1.82) is 0 Å². The number of rotatable bonds is 5. The number of hydrazone groups is 1. The third-order valence-corrected chi connectivity index (χ3v) is 4.26. The fourth-order valence-electron chi connectivity index (χ4n) is 2.32. The lowest BCUT2D eigenvalue weighted by Crippen LogP contribution is -2.01. The van der Waals surface area contributed by atoms with Crippen molar-refractivity contribution in [2.75, 3.05) is 5.43 Å². The summed E-state index contributed by atoms with van der Waals surface area (Å²) in [6.45, 7) is 1.92. The number of carboxylic acids is 1. The van der Waals surface area contributed by atoms with E-state index in [4.69, 9.17) is 0 Å². The molecule has 2 N–H and O–H groups in total. The molecule has 6 heteroatoms. The van der Waals surface area contributed by atoms with Crippen molar-refractivity contribution < 1.29 is 9.90 Å². The van der Waals surface area contributed by atoms with E-state index in [-0.39, 0.29) is 5.56 Å². The summed E-state index contributed by atoms with van der Waals surface area (Å²) >= 11 is 1.48. The Hall–Kier alpha value is -2.99. The van der Waals surface area contributed by atoms with E-state index < -0.39 is 5.97 Å². The van der Waals surface area contributed by atoms with E-state index in [9.17, 15) is 9.90 Å². The third-order valence-electron chi connectivity index (χ3n) is 3.39. The summed E-state index contributed by atoms with van der Waals surface area (Å²) in [6.07, 6.45) is 1.67. The third kappa shape index (κ3) is 3.49. The van der Waals surface area contributed by atoms with Gasteiger partial charge in [0.2, 0.25) is 5.13 Å². The number of carboxylic acid groups (broad SMARTS) is 1. The maximum atomic E-state index is 11.5. The molecule has 0 saturated heterocycles. The van der Waals surface area contributed by atoms with E-state index in [0.717, 1.165) is 16.8 Å². The highest BCUT2D eigenvalue weighted by atomic mass is 32.1. The number of hydrogen-bond acceptors (Lipinski definition) is 5. The van der Waals surface area contributed by atoms with Crippen LogP contribution in [-0.4, -0.2) is 22.3 Å². The van der Waals surface area contributed by atoms with Gasteiger partial charge in [0.15, 0.2) is 0 Å². The first-order valence-electron chi connectivity index (χ1n) is 7.28. The maximum Gasteiger partial charge on any atom is 0.336 e. The van der Waals surface area contributed by atoms with Gasteiger partial charge in [0.1, 0.15) is 0 Å². The number of nitrogens with one attached hydrogen (secondary N) is 1. The normalized spacial score (nSPS) is 10.9. The average Bonchev–Trinajstić information content (AvgIpc) is 3.00. The van der Waals surface area contributed by atoms with Gasteiger partial charge in [0, 0.05) is 10.9 Å². The lowest BCUT2D eigenvalue weighted by atomic mass is 9.96. The minimum Gasteiger partial charge on any atom is -0.478 e. The van der Waals surface area contributed by atoms with Gasteiger partial charge < -0.3 is 5.11 Å². The van der Waals surface area contributed by atoms with E-state index in [2.05, 4.69) is 15.5 Å². The van der Waals surface area contributed by atoms with Crippen LogP contribution in [0.15, 0.2) is 59.0 Å². The fourth-order valence-corrected chi connectivity index (χ4v) is 2.96. The molecule has 0 aliphatic carbocycles. The molecule has 0 fully saturated rings. The lowest BCUT2D eigenvalue weighted by Gasteiger charge is -2.09. The molecule has 120 valence electrons. The molecule has 0 aliphatic heterocycles. The van der Waals surface area contributed by atoms with Crippen molar-refractivity contribution in [1.82, 2.24) is 4.98 Å². The Kier molecular flexibility index (Phi) is 4.67. The lowest BCUT2D eigenvalue weighted by molar-refractivity contribution is 0.0697. The number of aromatic carboxylic acids is 1. The van der Waals surface area contributed by atoms with Crippen LogP contribution in [0.25, 0.3) is 11.1 Å². The summed E-state index contributed by atoms with van der Waals surface area (Å²) in [4.78, 5) is 15.7. The topological polar surface area (TPSA) is 74.6 Å². The van der Waals surface area contributed by atoms with Crippen LogP contribution in [0.2, 0.25) is 0 Å². The van der Waals surface area contributed by atoms with Gasteiger partial charge in [-0.05, 0) is 24.1 Å². The molecular weight excluding hydrogens is 322 g/mol. The molecule has 5 nitrogen and oxygen atoms in total. The number of nitrogens with zero attached hydrogens (tertiary/aromatic N) is 2. The molecule has 2 aromatic carbocycles.